The van der Waals surface area contributed by atoms with Gasteiger partial charge in [-0.15, -0.1) is 0 Å². The molecular weight excluding hydrogens is 188 g/mol. The number of carboxylic acid groups (broad SMARTS) is 1. The second-order valence-corrected chi connectivity index (χ2v) is 2.83. The van der Waals surface area contributed by atoms with Crippen LogP contribution in [0.25, 0.3) is 0 Å². The number of nitrogens with two attached hydrogens (primary N) is 1. The molecule has 0 saturated heterocycles. The van der Waals surface area contributed by atoms with Crippen LogP contribution >= 0.6 is 0 Å². The van der Waals surface area contributed by atoms with Gasteiger partial charge in [-0.1, -0.05) is 0 Å². The number of carboxylic acids is 1. The van der Waals surface area contributed by atoms with Crippen LogP contribution in [0, 0.1) is 0 Å². The molecule has 0 rings (SSSR count). The van der Waals surface area contributed by atoms with Crippen LogP contribution in [-0.2, 0) is 14.3 Å². The zero-order chi connectivity index (χ0) is 11.0. The Hall–Kier alpha value is -1.14. The normalized spacial score (nSPS) is 12.4. The smallest absolute Gasteiger partial charge is 0.303 e. The van der Waals surface area contributed by atoms with E-state index in [1.54, 1.807) is 0 Å². The SMILES string of the molecule is COCCN[C@@H](CCC(=O)O)C(N)=O. The maximum absolute atomic E-state index is 10.8. The number of methoxy groups -OCH3 is 1. The first-order chi connectivity index (χ1) is 6.57. The summed E-state index contributed by atoms with van der Waals surface area (Å²) in [6, 6.07) is -0.596. The molecule has 0 bridgehead atoms. The number of carbonyl (C=O) groups excluding carboxylic acids is 1. The Labute approximate surface area is 82.4 Å². The monoisotopic (exact) mass is 204 g/mol. The Kier molecular flexibility index (Phi) is 6.69. The van der Waals surface area contributed by atoms with Crippen molar-refractivity contribution in [2.45, 2.75) is 18.9 Å². The van der Waals surface area contributed by atoms with Gasteiger partial charge in [-0.05, 0) is 6.42 Å². The van der Waals surface area contributed by atoms with Crippen LogP contribution < -0.4 is 11.1 Å². The number of primary amides is 1. The van der Waals surface area contributed by atoms with Gasteiger partial charge in [-0.25, -0.2) is 0 Å². The van der Waals surface area contributed by atoms with Crippen LogP contribution in [0.4, 0.5) is 0 Å². The summed E-state index contributed by atoms with van der Waals surface area (Å²) in [6.45, 7) is 0.931. The zero-order valence-electron chi connectivity index (χ0n) is 8.16. The second kappa shape index (κ2) is 7.28. The molecule has 0 aliphatic carbocycles. The summed E-state index contributed by atoms with van der Waals surface area (Å²) in [7, 11) is 1.54. The van der Waals surface area contributed by atoms with E-state index < -0.39 is 17.9 Å². The summed E-state index contributed by atoms with van der Waals surface area (Å²) >= 11 is 0. The first-order valence-corrected chi connectivity index (χ1v) is 4.31. The average molecular weight is 204 g/mol. The summed E-state index contributed by atoms with van der Waals surface area (Å²) < 4.78 is 4.77. The number of ether oxygens (including phenoxy) is 1. The highest BCUT2D eigenvalue weighted by Crippen LogP contribution is 1.96. The highest BCUT2D eigenvalue weighted by Gasteiger charge is 2.15. The van der Waals surface area contributed by atoms with E-state index in [1.807, 2.05) is 0 Å². The summed E-state index contributed by atoms with van der Waals surface area (Å²) in [5.41, 5.74) is 5.07. The van der Waals surface area contributed by atoms with Gasteiger partial charge in [0.2, 0.25) is 5.91 Å². The van der Waals surface area contributed by atoms with E-state index in [-0.39, 0.29) is 12.8 Å². The molecule has 4 N–H and O–H groups in total. The van der Waals surface area contributed by atoms with Gasteiger partial charge in [0.05, 0.1) is 12.6 Å². The summed E-state index contributed by atoms with van der Waals surface area (Å²) in [5.74, 6) is -1.48. The van der Waals surface area contributed by atoms with Gasteiger partial charge in [0, 0.05) is 20.1 Å². The maximum Gasteiger partial charge on any atom is 0.303 e. The van der Waals surface area contributed by atoms with Crippen molar-refractivity contribution in [1.29, 1.82) is 0 Å². The molecule has 0 saturated carbocycles. The Morgan fingerprint density at radius 2 is 2.21 bits per heavy atom. The first-order valence-electron chi connectivity index (χ1n) is 4.31. The minimum absolute atomic E-state index is 0.0758. The van der Waals surface area contributed by atoms with Crippen molar-refractivity contribution in [2.24, 2.45) is 5.73 Å². The number of hydrogen-bond donors (Lipinski definition) is 3. The lowest BCUT2D eigenvalue weighted by Crippen LogP contribution is -2.42. The molecule has 14 heavy (non-hydrogen) atoms. The third-order valence-corrected chi connectivity index (χ3v) is 1.69. The molecule has 0 aliphatic rings. The fraction of sp³-hybridized carbons (Fsp3) is 0.750. The lowest BCUT2D eigenvalue weighted by molar-refractivity contribution is -0.137. The van der Waals surface area contributed by atoms with Crippen LogP contribution in [0.3, 0.4) is 0 Å². The van der Waals surface area contributed by atoms with Gasteiger partial charge >= 0.3 is 5.97 Å². The Bertz CT molecular complexity index is 196. The van der Waals surface area contributed by atoms with Gasteiger partial charge in [0.1, 0.15) is 0 Å². The Balaban J connectivity index is 3.78. The van der Waals surface area contributed by atoms with E-state index in [0.717, 1.165) is 0 Å². The van der Waals surface area contributed by atoms with Crippen molar-refractivity contribution >= 4 is 11.9 Å². The minimum atomic E-state index is -0.940. The van der Waals surface area contributed by atoms with Crippen LogP contribution in [-0.4, -0.2) is 43.3 Å². The highest BCUT2D eigenvalue weighted by molar-refractivity contribution is 5.80. The van der Waals surface area contributed by atoms with Gasteiger partial charge in [0.25, 0.3) is 0 Å². The quantitative estimate of drug-likeness (QED) is 0.437. The van der Waals surface area contributed by atoms with E-state index in [1.165, 1.54) is 7.11 Å². The third-order valence-electron chi connectivity index (χ3n) is 1.69. The molecule has 0 aliphatic heterocycles. The molecule has 0 heterocycles. The van der Waals surface area contributed by atoms with Crippen LogP contribution in [0.2, 0.25) is 0 Å². The Morgan fingerprint density at radius 1 is 1.57 bits per heavy atom. The predicted octanol–water partition coefficient (Wildman–Crippen LogP) is -1.06. The zero-order valence-corrected chi connectivity index (χ0v) is 8.16. The molecule has 1 atom stereocenters. The van der Waals surface area contributed by atoms with Crippen molar-refractivity contribution < 1.29 is 19.4 Å². The Morgan fingerprint density at radius 3 is 2.64 bits per heavy atom. The first kappa shape index (κ1) is 12.9. The fourth-order valence-corrected chi connectivity index (χ4v) is 0.948. The summed E-state index contributed by atoms with van der Waals surface area (Å²) in [6.07, 6.45) is 0.127. The van der Waals surface area contributed by atoms with Gasteiger partial charge in [-0.2, -0.15) is 0 Å². The van der Waals surface area contributed by atoms with Gasteiger partial charge in [-0.3, -0.25) is 9.59 Å². The maximum atomic E-state index is 10.8. The number of hydrogen-bond acceptors (Lipinski definition) is 4. The lowest BCUT2D eigenvalue weighted by Gasteiger charge is -2.13. The van der Waals surface area contributed by atoms with Gasteiger partial charge < -0.3 is 20.9 Å². The molecular formula is C8H16N2O4. The molecule has 1 amide bonds. The molecule has 6 heteroatoms. The lowest BCUT2D eigenvalue weighted by atomic mass is 10.1. The fourth-order valence-electron chi connectivity index (χ4n) is 0.948. The molecule has 0 aromatic rings. The average Bonchev–Trinajstić information content (AvgIpc) is 2.10. The van der Waals surface area contributed by atoms with Crippen molar-refractivity contribution in [3.05, 3.63) is 0 Å². The van der Waals surface area contributed by atoms with E-state index in [4.69, 9.17) is 15.6 Å². The molecule has 0 aromatic carbocycles. The molecule has 82 valence electrons. The summed E-state index contributed by atoms with van der Waals surface area (Å²) in [5, 5.41) is 11.2. The minimum Gasteiger partial charge on any atom is -0.481 e. The van der Waals surface area contributed by atoms with E-state index in [0.29, 0.717) is 13.2 Å². The predicted molar refractivity (Wildman–Crippen MR) is 49.7 cm³/mol. The summed E-state index contributed by atoms with van der Waals surface area (Å²) in [4.78, 5) is 21.1. The van der Waals surface area contributed by atoms with Crippen molar-refractivity contribution in [3.63, 3.8) is 0 Å². The number of aliphatic carboxylic acids is 1. The number of nitrogens with one attached hydrogen (secondary N) is 1. The number of rotatable bonds is 8. The standard InChI is InChI=1S/C8H16N2O4/c1-14-5-4-10-6(8(9)13)2-3-7(11)12/h6,10H,2-5H2,1H3,(H2,9,13)(H,11,12)/t6-/m0/s1. The third kappa shape index (κ3) is 6.38. The van der Waals surface area contributed by atoms with Crippen molar-refractivity contribution in [3.8, 4) is 0 Å². The van der Waals surface area contributed by atoms with E-state index >= 15 is 0 Å². The molecule has 0 spiro atoms. The highest BCUT2D eigenvalue weighted by atomic mass is 16.5. The molecule has 0 radical (unpaired) electrons. The largest absolute Gasteiger partial charge is 0.481 e. The topological polar surface area (TPSA) is 102 Å². The van der Waals surface area contributed by atoms with Crippen LogP contribution in [0.5, 0.6) is 0 Å². The second-order valence-electron chi connectivity index (χ2n) is 2.83. The number of carbonyl (C=O) groups is 2. The van der Waals surface area contributed by atoms with E-state index in [2.05, 4.69) is 5.32 Å². The van der Waals surface area contributed by atoms with E-state index in [9.17, 15) is 9.59 Å². The molecule has 0 fully saturated rings. The molecule has 0 aromatic heterocycles. The van der Waals surface area contributed by atoms with Crippen LogP contribution in [0.15, 0.2) is 0 Å². The molecule has 6 nitrogen and oxygen atoms in total. The van der Waals surface area contributed by atoms with Crippen molar-refractivity contribution in [2.75, 3.05) is 20.3 Å². The van der Waals surface area contributed by atoms with Crippen LogP contribution in [0.1, 0.15) is 12.8 Å². The van der Waals surface area contributed by atoms with Gasteiger partial charge in [0.15, 0.2) is 0 Å². The number of amides is 1. The van der Waals surface area contributed by atoms with Crippen molar-refractivity contribution in [1.82, 2.24) is 5.32 Å². The molecule has 0 unspecified atom stereocenters.